The molecule has 0 aromatic heterocycles. The van der Waals surface area contributed by atoms with E-state index in [1.54, 1.807) is 24.3 Å². The lowest BCUT2D eigenvalue weighted by Crippen LogP contribution is -2.00. The van der Waals surface area contributed by atoms with Gasteiger partial charge < -0.3 is 14.6 Å². The molecule has 0 amide bonds. The molecule has 0 aliphatic heterocycles. The second-order valence-corrected chi connectivity index (χ2v) is 3.49. The van der Waals surface area contributed by atoms with Crippen molar-refractivity contribution in [3.8, 4) is 5.75 Å². The molecule has 0 unspecified atom stereocenters. The molecule has 0 bridgehead atoms. The summed E-state index contributed by atoms with van der Waals surface area (Å²) in [6, 6.07) is 10.6. The fraction of sp³-hybridized carbons (Fsp3) is 0.154. The average molecular weight is 232 g/mol. The largest absolute Gasteiger partial charge is 0.468 e. The number of aliphatic hydroxyl groups excluding tert-OH is 1. The van der Waals surface area contributed by atoms with Crippen molar-refractivity contribution in [1.82, 2.24) is 0 Å². The van der Waals surface area contributed by atoms with Crippen LogP contribution in [0.25, 0.3) is 10.8 Å². The highest BCUT2D eigenvalue weighted by atomic mass is 16.6. The van der Waals surface area contributed by atoms with Crippen LogP contribution in [0.5, 0.6) is 5.75 Å². The zero-order chi connectivity index (χ0) is 12.3. The third-order valence-electron chi connectivity index (χ3n) is 2.46. The smallest absolute Gasteiger partial charge is 0.337 e. The Bertz CT molecular complexity index is 548. The Morgan fingerprint density at radius 2 is 1.88 bits per heavy atom. The summed E-state index contributed by atoms with van der Waals surface area (Å²) in [5, 5.41) is 10.5. The lowest BCUT2D eigenvalue weighted by atomic mass is 10.1. The topological polar surface area (TPSA) is 55.8 Å². The molecular formula is C13H12O4. The first-order chi connectivity index (χ1) is 8.24. The molecule has 0 heterocycles. The molecule has 2 aromatic rings. The number of carbonyl (C=O) groups is 1. The van der Waals surface area contributed by atoms with Gasteiger partial charge in [-0.3, -0.25) is 0 Å². The van der Waals surface area contributed by atoms with Crippen LogP contribution in [0.3, 0.4) is 0 Å². The van der Waals surface area contributed by atoms with Gasteiger partial charge in [-0.15, -0.1) is 0 Å². The van der Waals surface area contributed by atoms with Crippen LogP contribution in [0.1, 0.15) is 10.4 Å². The van der Waals surface area contributed by atoms with Gasteiger partial charge in [-0.25, -0.2) is 4.79 Å². The average Bonchev–Trinajstić information content (AvgIpc) is 2.37. The lowest BCUT2D eigenvalue weighted by Gasteiger charge is -2.05. The van der Waals surface area contributed by atoms with Crippen LogP contribution < -0.4 is 4.74 Å². The van der Waals surface area contributed by atoms with Gasteiger partial charge in [0, 0.05) is 0 Å². The van der Waals surface area contributed by atoms with Gasteiger partial charge in [-0.2, -0.15) is 0 Å². The number of hydrogen-bond acceptors (Lipinski definition) is 4. The van der Waals surface area contributed by atoms with Gasteiger partial charge in [0.25, 0.3) is 0 Å². The molecular weight excluding hydrogens is 220 g/mol. The van der Waals surface area contributed by atoms with E-state index in [1.807, 2.05) is 12.1 Å². The number of esters is 1. The number of rotatable bonds is 3. The molecule has 0 saturated heterocycles. The van der Waals surface area contributed by atoms with Crippen molar-refractivity contribution in [3.63, 3.8) is 0 Å². The minimum absolute atomic E-state index is 0.355. The van der Waals surface area contributed by atoms with E-state index in [0.29, 0.717) is 11.3 Å². The zero-order valence-electron chi connectivity index (χ0n) is 9.34. The van der Waals surface area contributed by atoms with Crippen molar-refractivity contribution in [2.75, 3.05) is 13.9 Å². The lowest BCUT2D eigenvalue weighted by molar-refractivity contribution is 0.0601. The van der Waals surface area contributed by atoms with Crippen LogP contribution in [0.4, 0.5) is 0 Å². The van der Waals surface area contributed by atoms with Crippen LogP contribution in [0.15, 0.2) is 36.4 Å². The quantitative estimate of drug-likeness (QED) is 0.649. The molecule has 4 nitrogen and oxygen atoms in total. The van der Waals surface area contributed by atoms with E-state index in [9.17, 15) is 4.79 Å². The van der Waals surface area contributed by atoms with Gasteiger partial charge in [0.05, 0.1) is 12.7 Å². The Kier molecular flexibility index (Phi) is 3.25. The van der Waals surface area contributed by atoms with Gasteiger partial charge >= 0.3 is 5.97 Å². The van der Waals surface area contributed by atoms with Gasteiger partial charge in [-0.05, 0) is 35.0 Å². The number of aliphatic hydroxyl groups is 1. The van der Waals surface area contributed by atoms with Crippen LogP contribution >= 0.6 is 0 Å². The number of hydrogen-bond donors (Lipinski definition) is 1. The van der Waals surface area contributed by atoms with Crippen LogP contribution in [-0.4, -0.2) is 25.0 Å². The summed E-state index contributed by atoms with van der Waals surface area (Å²) in [4.78, 5) is 11.3. The van der Waals surface area contributed by atoms with E-state index in [0.717, 1.165) is 10.8 Å². The fourth-order valence-corrected chi connectivity index (χ4v) is 1.63. The van der Waals surface area contributed by atoms with E-state index < -0.39 is 0 Å². The van der Waals surface area contributed by atoms with Crippen molar-refractivity contribution in [2.24, 2.45) is 0 Å². The molecule has 88 valence electrons. The molecule has 0 aliphatic carbocycles. The highest BCUT2D eigenvalue weighted by Gasteiger charge is 2.06. The van der Waals surface area contributed by atoms with E-state index in [4.69, 9.17) is 9.84 Å². The monoisotopic (exact) mass is 232 g/mol. The SMILES string of the molecule is COC(=O)c1ccc2cc(OCO)ccc2c1. The number of carbonyl (C=O) groups excluding carboxylic acids is 1. The Labute approximate surface area is 98.4 Å². The highest BCUT2D eigenvalue weighted by molar-refractivity contribution is 5.95. The molecule has 1 N–H and O–H groups in total. The summed E-state index contributed by atoms with van der Waals surface area (Å²) >= 11 is 0. The van der Waals surface area contributed by atoms with Gasteiger partial charge in [0.1, 0.15) is 5.75 Å². The number of ether oxygens (including phenoxy) is 2. The standard InChI is InChI=1S/C13H12O4/c1-16-13(15)11-3-2-10-7-12(17-8-14)5-4-9(10)6-11/h2-7,14H,8H2,1H3. The van der Waals surface area contributed by atoms with Crippen LogP contribution in [0, 0.1) is 0 Å². The summed E-state index contributed by atoms with van der Waals surface area (Å²) in [5.41, 5.74) is 0.510. The van der Waals surface area contributed by atoms with Crippen molar-refractivity contribution < 1.29 is 19.4 Å². The first-order valence-corrected chi connectivity index (χ1v) is 5.10. The predicted molar refractivity (Wildman–Crippen MR) is 63.0 cm³/mol. The van der Waals surface area contributed by atoms with Crippen molar-refractivity contribution in [2.45, 2.75) is 0 Å². The first-order valence-electron chi connectivity index (χ1n) is 5.10. The first kappa shape index (κ1) is 11.4. The second kappa shape index (κ2) is 4.84. The summed E-state index contributed by atoms with van der Waals surface area (Å²) in [6.45, 7) is -0.355. The normalized spacial score (nSPS) is 10.2. The Hall–Kier alpha value is -2.07. The fourth-order valence-electron chi connectivity index (χ4n) is 1.63. The molecule has 4 heteroatoms. The molecule has 0 atom stereocenters. The summed E-state index contributed by atoms with van der Waals surface area (Å²) in [7, 11) is 1.35. The Morgan fingerprint density at radius 3 is 2.59 bits per heavy atom. The van der Waals surface area contributed by atoms with Crippen molar-refractivity contribution >= 4 is 16.7 Å². The summed E-state index contributed by atoms with van der Waals surface area (Å²) in [6.07, 6.45) is 0. The second-order valence-electron chi connectivity index (χ2n) is 3.49. The number of methoxy groups -OCH3 is 1. The number of benzene rings is 2. The third-order valence-corrected chi connectivity index (χ3v) is 2.46. The van der Waals surface area contributed by atoms with Crippen LogP contribution in [-0.2, 0) is 4.74 Å². The third kappa shape index (κ3) is 2.37. The minimum atomic E-state index is -0.359. The molecule has 0 saturated carbocycles. The van der Waals surface area contributed by atoms with Crippen LogP contribution in [0.2, 0.25) is 0 Å². The maximum Gasteiger partial charge on any atom is 0.337 e. The molecule has 0 aliphatic rings. The molecule has 2 aromatic carbocycles. The molecule has 0 spiro atoms. The van der Waals surface area contributed by atoms with Gasteiger partial charge in [-0.1, -0.05) is 12.1 Å². The van der Waals surface area contributed by atoms with E-state index >= 15 is 0 Å². The molecule has 0 radical (unpaired) electrons. The van der Waals surface area contributed by atoms with Crippen molar-refractivity contribution in [1.29, 1.82) is 0 Å². The summed E-state index contributed by atoms with van der Waals surface area (Å²) < 4.78 is 9.63. The maximum atomic E-state index is 11.3. The zero-order valence-corrected chi connectivity index (χ0v) is 9.34. The highest BCUT2D eigenvalue weighted by Crippen LogP contribution is 2.22. The molecule has 2 rings (SSSR count). The van der Waals surface area contributed by atoms with Crippen molar-refractivity contribution in [3.05, 3.63) is 42.0 Å². The van der Waals surface area contributed by atoms with Gasteiger partial charge in [0.2, 0.25) is 0 Å². The van der Waals surface area contributed by atoms with Gasteiger partial charge in [0.15, 0.2) is 6.79 Å². The van der Waals surface area contributed by atoms with E-state index in [1.165, 1.54) is 7.11 Å². The minimum Gasteiger partial charge on any atom is -0.468 e. The Morgan fingerprint density at radius 1 is 1.18 bits per heavy atom. The number of fused-ring (bicyclic) bond motifs is 1. The van der Waals surface area contributed by atoms with E-state index in [2.05, 4.69) is 4.74 Å². The van der Waals surface area contributed by atoms with E-state index in [-0.39, 0.29) is 12.8 Å². The maximum absolute atomic E-state index is 11.3. The molecule has 17 heavy (non-hydrogen) atoms. The predicted octanol–water partition coefficient (Wildman–Crippen LogP) is 1.95. The summed E-state index contributed by atoms with van der Waals surface area (Å²) in [5.74, 6) is 0.230. The Balaban J connectivity index is 2.43. The molecule has 0 fully saturated rings.